The Hall–Kier alpha value is -0.860. The number of piperidine rings is 1. The first-order valence-corrected chi connectivity index (χ1v) is 7.75. The number of likely N-dealkylation sites (tertiary alicyclic amines) is 1. The molecule has 1 aromatic carbocycles. The van der Waals surface area contributed by atoms with Crippen molar-refractivity contribution in [3.05, 3.63) is 34.9 Å². The van der Waals surface area contributed by atoms with Gasteiger partial charge in [0.05, 0.1) is 0 Å². The molecule has 0 bridgehead atoms. The summed E-state index contributed by atoms with van der Waals surface area (Å²) in [4.78, 5) is 2.59. The number of nitrogens with one attached hydrogen (secondary N) is 1. The van der Waals surface area contributed by atoms with E-state index in [-0.39, 0.29) is 0 Å². The van der Waals surface area contributed by atoms with Crippen LogP contribution in [0.4, 0.5) is 0 Å². The van der Waals surface area contributed by atoms with Gasteiger partial charge in [-0.25, -0.2) is 0 Å². The van der Waals surface area contributed by atoms with Crippen LogP contribution < -0.4 is 5.32 Å². The van der Waals surface area contributed by atoms with Crippen LogP contribution in [0.1, 0.15) is 36.0 Å². The van der Waals surface area contributed by atoms with E-state index in [9.17, 15) is 0 Å². The summed E-state index contributed by atoms with van der Waals surface area (Å²) in [5.74, 6) is 0. The minimum atomic E-state index is 1.10. The minimum absolute atomic E-state index is 1.10. The van der Waals surface area contributed by atoms with Gasteiger partial charge in [0.1, 0.15) is 0 Å². The van der Waals surface area contributed by atoms with Crippen LogP contribution in [0, 0.1) is 13.8 Å². The molecule has 2 heteroatoms. The SMILES string of the molecule is Cc1ccc(C)c(CCNCCN2CCCCC2)c1. The third-order valence-corrected chi connectivity index (χ3v) is 4.13. The van der Waals surface area contributed by atoms with Crippen LogP contribution >= 0.6 is 0 Å². The van der Waals surface area contributed by atoms with E-state index in [0.29, 0.717) is 0 Å². The zero-order chi connectivity index (χ0) is 13.5. The summed E-state index contributed by atoms with van der Waals surface area (Å²) in [6.45, 7) is 10.4. The molecule has 0 radical (unpaired) electrons. The van der Waals surface area contributed by atoms with E-state index in [1.165, 1.54) is 55.6 Å². The van der Waals surface area contributed by atoms with Gasteiger partial charge in [0.2, 0.25) is 0 Å². The Bertz CT molecular complexity index is 381. The lowest BCUT2D eigenvalue weighted by atomic mass is 10.0. The fraction of sp³-hybridized carbons (Fsp3) is 0.647. The van der Waals surface area contributed by atoms with E-state index < -0.39 is 0 Å². The van der Waals surface area contributed by atoms with Crippen molar-refractivity contribution in [2.75, 3.05) is 32.7 Å². The highest BCUT2D eigenvalue weighted by molar-refractivity contribution is 5.30. The van der Waals surface area contributed by atoms with Crippen molar-refractivity contribution in [2.45, 2.75) is 39.5 Å². The van der Waals surface area contributed by atoms with E-state index in [1.54, 1.807) is 0 Å². The van der Waals surface area contributed by atoms with Gasteiger partial charge in [-0.05, 0) is 63.9 Å². The van der Waals surface area contributed by atoms with Gasteiger partial charge in [-0.2, -0.15) is 0 Å². The lowest BCUT2D eigenvalue weighted by Gasteiger charge is -2.26. The topological polar surface area (TPSA) is 15.3 Å². The molecule has 0 spiro atoms. The van der Waals surface area contributed by atoms with Gasteiger partial charge >= 0.3 is 0 Å². The Morgan fingerprint density at radius 3 is 2.63 bits per heavy atom. The van der Waals surface area contributed by atoms with Gasteiger partial charge in [0.15, 0.2) is 0 Å². The minimum Gasteiger partial charge on any atom is -0.315 e. The third kappa shape index (κ3) is 4.96. The third-order valence-electron chi connectivity index (χ3n) is 4.13. The second-order valence-electron chi connectivity index (χ2n) is 5.83. The van der Waals surface area contributed by atoms with Crippen molar-refractivity contribution in [3.8, 4) is 0 Å². The van der Waals surface area contributed by atoms with Crippen LogP contribution in [0.15, 0.2) is 18.2 Å². The second-order valence-corrected chi connectivity index (χ2v) is 5.83. The predicted octanol–water partition coefficient (Wildman–Crippen LogP) is 2.92. The maximum Gasteiger partial charge on any atom is 0.0107 e. The van der Waals surface area contributed by atoms with E-state index in [2.05, 4.69) is 42.3 Å². The highest BCUT2D eigenvalue weighted by Gasteiger charge is 2.08. The molecule has 1 fully saturated rings. The number of benzene rings is 1. The van der Waals surface area contributed by atoms with Crippen LogP contribution in [0.25, 0.3) is 0 Å². The molecule has 1 saturated heterocycles. The highest BCUT2D eigenvalue weighted by Crippen LogP contribution is 2.11. The summed E-state index contributed by atoms with van der Waals surface area (Å²) in [7, 11) is 0. The Labute approximate surface area is 118 Å². The van der Waals surface area contributed by atoms with E-state index >= 15 is 0 Å². The number of nitrogens with zero attached hydrogens (tertiary/aromatic N) is 1. The van der Waals surface area contributed by atoms with Crippen molar-refractivity contribution in [1.29, 1.82) is 0 Å². The molecular formula is C17H28N2. The molecule has 0 aromatic heterocycles. The van der Waals surface area contributed by atoms with Gasteiger partial charge in [-0.15, -0.1) is 0 Å². The molecule has 0 atom stereocenters. The summed E-state index contributed by atoms with van der Waals surface area (Å²) < 4.78 is 0. The molecule has 1 aliphatic heterocycles. The summed E-state index contributed by atoms with van der Waals surface area (Å²) in [5, 5.41) is 3.59. The number of aryl methyl sites for hydroxylation is 2. The monoisotopic (exact) mass is 260 g/mol. The molecule has 0 unspecified atom stereocenters. The zero-order valence-electron chi connectivity index (χ0n) is 12.5. The average molecular weight is 260 g/mol. The molecule has 0 saturated carbocycles. The van der Waals surface area contributed by atoms with E-state index in [4.69, 9.17) is 0 Å². The standard InChI is InChI=1S/C17H28N2/c1-15-6-7-16(2)17(14-15)8-9-18-10-13-19-11-4-3-5-12-19/h6-7,14,18H,3-5,8-13H2,1-2H3. The van der Waals surface area contributed by atoms with Crippen molar-refractivity contribution in [2.24, 2.45) is 0 Å². The predicted molar refractivity (Wildman–Crippen MR) is 82.8 cm³/mol. The first-order chi connectivity index (χ1) is 9.25. The van der Waals surface area contributed by atoms with Crippen LogP contribution in [-0.4, -0.2) is 37.6 Å². The molecule has 2 nitrogen and oxygen atoms in total. The molecule has 106 valence electrons. The largest absolute Gasteiger partial charge is 0.315 e. The molecule has 1 heterocycles. The molecule has 0 aliphatic carbocycles. The Kier molecular flexibility index (Phi) is 5.87. The van der Waals surface area contributed by atoms with Crippen LogP contribution in [-0.2, 0) is 6.42 Å². The van der Waals surface area contributed by atoms with Crippen LogP contribution in [0.3, 0.4) is 0 Å². The van der Waals surface area contributed by atoms with Gasteiger partial charge in [0.25, 0.3) is 0 Å². The Balaban J connectivity index is 1.62. The number of hydrogen-bond donors (Lipinski definition) is 1. The summed E-state index contributed by atoms with van der Waals surface area (Å²) >= 11 is 0. The van der Waals surface area contributed by atoms with Gasteiger partial charge in [-0.1, -0.05) is 30.2 Å². The number of hydrogen-bond acceptors (Lipinski definition) is 2. The summed E-state index contributed by atoms with van der Waals surface area (Å²) in [6.07, 6.45) is 5.36. The average Bonchev–Trinajstić information content (AvgIpc) is 2.43. The smallest absolute Gasteiger partial charge is 0.0107 e. The van der Waals surface area contributed by atoms with Crippen molar-refractivity contribution in [3.63, 3.8) is 0 Å². The molecule has 0 amide bonds. The molecular weight excluding hydrogens is 232 g/mol. The fourth-order valence-corrected chi connectivity index (χ4v) is 2.84. The Morgan fingerprint density at radius 1 is 1.05 bits per heavy atom. The quantitative estimate of drug-likeness (QED) is 0.791. The lowest BCUT2D eigenvalue weighted by Crippen LogP contribution is -2.36. The van der Waals surface area contributed by atoms with Crippen molar-refractivity contribution in [1.82, 2.24) is 10.2 Å². The van der Waals surface area contributed by atoms with Crippen molar-refractivity contribution >= 4 is 0 Å². The van der Waals surface area contributed by atoms with Gasteiger partial charge in [0, 0.05) is 13.1 Å². The maximum atomic E-state index is 3.59. The highest BCUT2D eigenvalue weighted by atomic mass is 15.1. The van der Waals surface area contributed by atoms with E-state index in [1.807, 2.05) is 0 Å². The second kappa shape index (κ2) is 7.66. The molecule has 19 heavy (non-hydrogen) atoms. The zero-order valence-corrected chi connectivity index (χ0v) is 12.5. The molecule has 2 rings (SSSR count). The van der Waals surface area contributed by atoms with Crippen molar-refractivity contribution < 1.29 is 0 Å². The summed E-state index contributed by atoms with van der Waals surface area (Å²) in [6, 6.07) is 6.75. The summed E-state index contributed by atoms with van der Waals surface area (Å²) in [5.41, 5.74) is 4.28. The lowest BCUT2D eigenvalue weighted by molar-refractivity contribution is 0.229. The van der Waals surface area contributed by atoms with Gasteiger partial charge in [-0.3, -0.25) is 0 Å². The maximum absolute atomic E-state index is 3.59. The molecule has 1 N–H and O–H groups in total. The number of rotatable bonds is 6. The Morgan fingerprint density at radius 2 is 1.84 bits per heavy atom. The first-order valence-electron chi connectivity index (χ1n) is 7.75. The van der Waals surface area contributed by atoms with Gasteiger partial charge < -0.3 is 10.2 Å². The fourth-order valence-electron chi connectivity index (χ4n) is 2.84. The van der Waals surface area contributed by atoms with Crippen LogP contribution in [0.5, 0.6) is 0 Å². The molecule has 1 aromatic rings. The van der Waals surface area contributed by atoms with Crippen LogP contribution in [0.2, 0.25) is 0 Å². The van der Waals surface area contributed by atoms with E-state index in [0.717, 1.165) is 19.5 Å². The normalized spacial score (nSPS) is 16.7. The first kappa shape index (κ1) is 14.5. The molecule has 1 aliphatic rings.